The maximum absolute atomic E-state index is 13.5. The molecule has 2 heterocycles. The molecule has 2 rings (SSSR count). The zero-order valence-electron chi connectivity index (χ0n) is 9.01. The van der Waals surface area contributed by atoms with E-state index < -0.39 is 20.9 Å². The highest BCUT2D eigenvalue weighted by Gasteiger charge is 2.36. The Balaban J connectivity index is 2.40. The molecular formula is C10H12BrFN2O2S. The zero-order chi connectivity index (χ0) is 12.5. The first-order valence-corrected chi connectivity index (χ1v) is 7.82. The van der Waals surface area contributed by atoms with Crippen molar-refractivity contribution >= 4 is 26.0 Å². The van der Waals surface area contributed by atoms with Crippen molar-refractivity contribution in [1.82, 2.24) is 9.29 Å². The molecule has 0 aromatic carbocycles. The summed E-state index contributed by atoms with van der Waals surface area (Å²) >= 11 is 3.28. The van der Waals surface area contributed by atoms with E-state index in [1.807, 2.05) is 0 Å². The third kappa shape index (κ3) is 2.36. The summed E-state index contributed by atoms with van der Waals surface area (Å²) in [6, 6.07) is 2.38. The lowest BCUT2D eigenvalue weighted by Gasteiger charge is -2.21. The highest BCUT2D eigenvalue weighted by molar-refractivity contribution is 9.09. The smallest absolute Gasteiger partial charge is 0.241 e. The Bertz CT molecular complexity index is 509. The van der Waals surface area contributed by atoms with Gasteiger partial charge in [0, 0.05) is 24.1 Å². The molecule has 1 unspecified atom stereocenters. The number of aromatic nitrogens is 1. The maximum atomic E-state index is 13.5. The Kier molecular flexibility index (Phi) is 3.79. The van der Waals surface area contributed by atoms with Gasteiger partial charge in [0.1, 0.15) is 0 Å². The molecule has 1 aromatic heterocycles. The summed E-state index contributed by atoms with van der Waals surface area (Å²) in [6.07, 6.45) is 2.87. The second-order valence-electron chi connectivity index (χ2n) is 3.86. The van der Waals surface area contributed by atoms with Crippen molar-refractivity contribution in [2.45, 2.75) is 23.9 Å². The number of nitrogens with zero attached hydrogens (tertiary/aromatic N) is 2. The predicted octanol–water partition coefficient (Wildman–Crippen LogP) is 1.77. The van der Waals surface area contributed by atoms with E-state index in [4.69, 9.17) is 0 Å². The van der Waals surface area contributed by atoms with Gasteiger partial charge in [-0.05, 0) is 25.0 Å². The topological polar surface area (TPSA) is 50.3 Å². The molecule has 4 nitrogen and oxygen atoms in total. The fourth-order valence-corrected chi connectivity index (χ4v) is 4.49. The normalized spacial score (nSPS) is 21.9. The summed E-state index contributed by atoms with van der Waals surface area (Å²) in [7, 11) is -3.81. The zero-order valence-corrected chi connectivity index (χ0v) is 11.4. The molecule has 0 N–H and O–H groups in total. The van der Waals surface area contributed by atoms with Crippen molar-refractivity contribution in [3.8, 4) is 0 Å². The second-order valence-corrected chi connectivity index (χ2v) is 6.31. The van der Waals surface area contributed by atoms with Crippen LogP contribution in [-0.2, 0) is 10.0 Å². The molecule has 0 spiro atoms. The van der Waals surface area contributed by atoms with Crippen LogP contribution in [0.1, 0.15) is 12.8 Å². The highest BCUT2D eigenvalue weighted by Crippen LogP contribution is 2.27. The number of hydrogen-bond acceptors (Lipinski definition) is 3. The quantitative estimate of drug-likeness (QED) is 0.797. The van der Waals surface area contributed by atoms with Gasteiger partial charge >= 0.3 is 0 Å². The summed E-state index contributed by atoms with van der Waals surface area (Å²) in [4.78, 5) is 3.64. The van der Waals surface area contributed by atoms with Crippen LogP contribution in [0.5, 0.6) is 0 Å². The number of alkyl halides is 1. The van der Waals surface area contributed by atoms with E-state index in [2.05, 4.69) is 20.9 Å². The molecule has 1 saturated heterocycles. The van der Waals surface area contributed by atoms with Crippen LogP contribution >= 0.6 is 15.9 Å². The molecule has 1 aliphatic heterocycles. The van der Waals surface area contributed by atoms with Gasteiger partial charge in [-0.15, -0.1) is 0 Å². The Morgan fingerprint density at radius 1 is 1.59 bits per heavy atom. The van der Waals surface area contributed by atoms with E-state index >= 15 is 0 Å². The van der Waals surface area contributed by atoms with Crippen molar-refractivity contribution < 1.29 is 12.8 Å². The van der Waals surface area contributed by atoms with E-state index in [0.29, 0.717) is 11.9 Å². The van der Waals surface area contributed by atoms with Crippen LogP contribution in [0.2, 0.25) is 0 Å². The van der Waals surface area contributed by atoms with Crippen LogP contribution in [0.3, 0.4) is 0 Å². The number of rotatable bonds is 3. The average molecular weight is 323 g/mol. The summed E-state index contributed by atoms with van der Waals surface area (Å²) in [5.41, 5.74) is 0. The van der Waals surface area contributed by atoms with Crippen LogP contribution in [0, 0.1) is 5.82 Å². The van der Waals surface area contributed by atoms with Gasteiger partial charge in [-0.1, -0.05) is 15.9 Å². The van der Waals surface area contributed by atoms with E-state index in [1.54, 1.807) is 0 Å². The van der Waals surface area contributed by atoms with Crippen molar-refractivity contribution in [3.63, 3.8) is 0 Å². The number of sulfonamides is 1. The van der Waals surface area contributed by atoms with Crippen LogP contribution in [0.4, 0.5) is 4.39 Å². The number of hydrogen-bond donors (Lipinski definition) is 0. The van der Waals surface area contributed by atoms with Gasteiger partial charge in [0.05, 0.1) is 0 Å². The van der Waals surface area contributed by atoms with Crippen molar-refractivity contribution in [2.24, 2.45) is 0 Å². The molecule has 1 aliphatic rings. The lowest BCUT2D eigenvalue weighted by Crippen LogP contribution is -2.37. The minimum absolute atomic E-state index is 0.110. The van der Waals surface area contributed by atoms with Gasteiger partial charge in [0.2, 0.25) is 5.03 Å². The molecule has 1 fully saturated rings. The first-order chi connectivity index (χ1) is 8.07. The van der Waals surface area contributed by atoms with Crippen LogP contribution in [0.25, 0.3) is 0 Å². The predicted molar refractivity (Wildman–Crippen MR) is 64.9 cm³/mol. The fraction of sp³-hybridized carbons (Fsp3) is 0.500. The summed E-state index contributed by atoms with van der Waals surface area (Å²) in [6.45, 7) is 0.425. The Morgan fingerprint density at radius 2 is 2.35 bits per heavy atom. The van der Waals surface area contributed by atoms with Crippen LogP contribution in [0.15, 0.2) is 23.4 Å². The van der Waals surface area contributed by atoms with Gasteiger partial charge in [-0.3, -0.25) is 0 Å². The molecule has 1 aromatic rings. The summed E-state index contributed by atoms with van der Waals surface area (Å²) in [5.74, 6) is -0.798. The lowest BCUT2D eigenvalue weighted by atomic mass is 10.3. The minimum atomic E-state index is -3.81. The van der Waals surface area contributed by atoms with Crippen LogP contribution in [-0.4, -0.2) is 35.6 Å². The molecule has 17 heavy (non-hydrogen) atoms. The molecule has 7 heteroatoms. The average Bonchev–Trinajstić information content (AvgIpc) is 2.78. The summed E-state index contributed by atoms with van der Waals surface area (Å²) < 4.78 is 39.3. The van der Waals surface area contributed by atoms with Crippen molar-refractivity contribution in [2.75, 3.05) is 11.9 Å². The Morgan fingerprint density at radius 3 is 3.00 bits per heavy atom. The van der Waals surface area contributed by atoms with Gasteiger partial charge in [0.15, 0.2) is 5.82 Å². The first kappa shape index (κ1) is 12.9. The third-order valence-corrected chi connectivity index (χ3v) is 5.41. The highest BCUT2D eigenvalue weighted by atomic mass is 79.9. The van der Waals surface area contributed by atoms with Crippen molar-refractivity contribution in [3.05, 3.63) is 24.1 Å². The van der Waals surface area contributed by atoms with E-state index in [-0.39, 0.29) is 6.04 Å². The molecule has 0 amide bonds. The summed E-state index contributed by atoms with van der Waals surface area (Å²) in [5, 5.41) is 0.0774. The second kappa shape index (κ2) is 4.99. The monoisotopic (exact) mass is 322 g/mol. The minimum Gasteiger partial charge on any atom is -0.241 e. The molecule has 0 radical (unpaired) electrons. The van der Waals surface area contributed by atoms with E-state index in [1.165, 1.54) is 16.6 Å². The first-order valence-electron chi connectivity index (χ1n) is 5.25. The molecule has 0 saturated carbocycles. The van der Waals surface area contributed by atoms with Crippen molar-refractivity contribution in [1.29, 1.82) is 0 Å². The van der Waals surface area contributed by atoms with Gasteiger partial charge in [-0.2, -0.15) is 4.31 Å². The Labute approximate surface area is 108 Å². The van der Waals surface area contributed by atoms with Gasteiger partial charge in [-0.25, -0.2) is 17.8 Å². The van der Waals surface area contributed by atoms with Crippen LogP contribution < -0.4 is 0 Å². The van der Waals surface area contributed by atoms with Gasteiger partial charge < -0.3 is 0 Å². The molecule has 94 valence electrons. The number of pyridine rings is 1. The lowest BCUT2D eigenvalue weighted by molar-refractivity contribution is 0.407. The standard InChI is InChI=1S/C10H12BrFN2O2S/c11-7-8-3-2-6-14(8)17(15,16)10-9(12)4-1-5-13-10/h1,4-5,8H,2-3,6-7H2. The largest absolute Gasteiger partial charge is 0.263 e. The SMILES string of the molecule is O=S(=O)(c1ncccc1F)N1CCCC1CBr. The maximum Gasteiger partial charge on any atom is 0.263 e. The fourth-order valence-electron chi connectivity index (χ4n) is 1.95. The molecular weight excluding hydrogens is 311 g/mol. The molecule has 0 bridgehead atoms. The van der Waals surface area contributed by atoms with E-state index in [9.17, 15) is 12.8 Å². The van der Waals surface area contributed by atoms with E-state index in [0.717, 1.165) is 18.9 Å². The Hall–Kier alpha value is -0.530. The third-order valence-electron chi connectivity index (χ3n) is 2.78. The van der Waals surface area contributed by atoms with Gasteiger partial charge in [0.25, 0.3) is 10.0 Å². The molecule has 0 aliphatic carbocycles. The molecule has 1 atom stereocenters. The number of halogens is 2.